The van der Waals surface area contributed by atoms with Crippen molar-refractivity contribution < 1.29 is 5.11 Å². The molecule has 0 aliphatic carbocycles. The van der Waals surface area contributed by atoms with Crippen LogP contribution in [0.5, 0.6) is 0 Å². The van der Waals surface area contributed by atoms with Crippen LogP contribution in [0.3, 0.4) is 0 Å². The van der Waals surface area contributed by atoms with E-state index in [2.05, 4.69) is 4.98 Å². The molecule has 1 aromatic carbocycles. The summed E-state index contributed by atoms with van der Waals surface area (Å²) in [6.07, 6.45) is 0. The lowest BCUT2D eigenvalue weighted by atomic mass is 10.2. The lowest BCUT2D eigenvalue weighted by Crippen LogP contribution is -1.85. The molecule has 0 fully saturated rings. The predicted molar refractivity (Wildman–Crippen MR) is 57.9 cm³/mol. The Morgan fingerprint density at radius 3 is 2.57 bits per heavy atom. The molecule has 0 aliphatic rings. The molecule has 3 nitrogen and oxygen atoms in total. The summed E-state index contributed by atoms with van der Waals surface area (Å²) in [5.74, 6) is 0. The van der Waals surface area contributed by atoms with Crippen LogP contribution < -0.4 is 5.73 Å². The smallest absolute Gasteiger partial charge is 0.121 e. The maximum absolute atomic E-state index is 8.91. The Morgan fingerprint density at radius 1 is 1.29 bits per heavy atom. The first-order chi connectivity index (χ1) is 6.81. The van der Waals surface area contributed by atoms with E-state index >= 15 is 0 Å². The number of thiazole rings is 1. The summed E-state index contributed by atoms with van der Waals surface area (Å²) >= 11 is 1.33. The van der Waals surface area contributed by atoms with E-state index < -0.39 is 0 Å². The van der Waals surface area contributed by atoms with Crippen LogP contribution in [0, 0.1) is 0 Å². The van der Waals surface area contributed by atoms with Gasteiger partial charge in [0.15, 0.2) is 0 Å². The first-order valence-electron chi connectivity index (χ1n) is 4.22. The van der Waals surface area contributed by atoms with E-state index in [1.807, 2.05) is 30.3 Å². The zero-order chi connectivity index (χ0) is 9.97. The molecule has 0 atom stereocenters. The van der Waals surface area contributed by atoms with Crippen molar-refractivity contribution in [2.75, 3.05) is 5.73 Å². The van der Waals surface area contributed by atoms with Gasteiger partial charge in [-0.25, -0.2) is 4.98 Å². The summed E-state index contributed by atoms with van der Waals surface area (Å²) in [6, 6.07) is 9.72. The van der Waals surface area contributed by atoms with Crippen molar-refractivity contribution in [3.8, 4) is 11.3 Å². The second-order valence-electron chi connectivity index (χ2n) is 2.84. The van der Waals surface area contributed by atoms with Gasteiger partial charge in [-0.2, -0.15) is 0 Å². The third-order valence-corrected chi connectivity index (χ3v) is 2.75. The predicted octanol–water partition coefficient (Wildman–Crippen LogP) is 1.88. The van der Waals surface area contributed by atoms with Crippen LogP contribution in [0.1, 0.15) is 5.01 Å². The monoisotopic (exact) mass is 206 g/mol. The van der Waals surface area contributed by atoms with Crippen molar-refractivity contribution in [3.05, 3.63) is 35.3 Å². The number of benzene rings is 1. The van der Waals surface area contributed by atoms with Gasteiger partial charge in [0.25, 0.3) is 0 Å². The van der Waals surface area contributed by atoms with Gasteiger partial charge in [0.1, 0.15) is 15.7 Å². The quantitative estimate of drug-likeness (QED) is 0.788. The number of aliphatic hydroxyl groups is 1. The standard InChI is InChI=1S/C10H10N2OS/c11-10-9(12-8(6-13)14-10)7-4-2-1-3-5-7/h1-5,13H,6,11H2. The van der Waals surface area contributed by atoms with E-state index in [1.165, 1.54) is 11.3 Å². The Balaban J connectivity index is 2.46. The number of hydrogen-bond acceptors (Lipinski definition) is 4. The summed E-state index contributed by atoms with van der Waals surface area (Å²) in [5, 5.41) is 10.2. The summed E-state index contributed by atoms with van der Waals surface area (Å²) in [5.41, 5.74) is 7.54. The molecule has 3 N–H and O–H groups in total. The first-order valence-corrected chi connectivity index (χ1v) is 5.04. The van der Waals surface area contributed by atoms with Crippen LogP contribution in [0.4, 0.5) is 5.00 Å². The number of aromatic nitrogens is 1. The first kappa shape index (κ1) is 9.18. The van der Waals surface area contributed by atoms with E-state index in [0.29, 0.717) is 10.0 Å². The van der Waals surface area contributed by atoms with Crippen molar-refractivity contribution in [2.45, 2.75) is 6.61 Å². The molecule has 0 saturated carbocycles. The number of nitrogen functional groups attached to an aromatic ring is 1. The molecule has 0 aliphatic heterocycles. The molecular formula is C10H10N2OS. The van der Waals surface area contributed by atoms with Gasteiger partial charge in [-0.05, 0) is 0 Å². The Labute approximate surface area is 85.8 Å². The molecule has 0 unspecified atom stereocenters. The largest absolute Gasteiger partial charge is 0.389 e. The van der Waals surface area contributed by atoms with Crippen molar-refractivity contribution in [3.63, 3.8) is 0 Å². The summed E-state index contributed by atoms with van der Waals surface area (Å²) in [7, 11) is 0. The van der Waals surface area contributed by atoms with E-state index in [4.69, 9.17) is 10.8 Å². The fourth-order valence-electron chi connectivity index (χ4n) is 1.25. The maximum atomic E-state index is 8.91. The van der Waals surface area contributed by atoms with Crippen molar-refractivity contribution in [1.29, 1.82) is 0 Å². The van der Waals surface area contributed by atoms with Crippen molar-refractivity contribution in [1.82, 2.24) is 4.98 Å². The minimum absolute atomic E-state index is 0.0539. The molecule has 0 radical (unpaired) electrons. The highest BCUT2D eigenvalue weighted by Gasteiger charge is 2.08. The van der Waals surface area contributed by atoms with Crippen LogP contribution in [0.15, 0.2) is 30.3 Å². The Hall–Kier alpha value is -1.39. The van der Waals surface area contributed by atoms with Crippen LogP contribution in [0.25, 0.3) is 11.3 Å². The van der Waals surface area contributed by atoms with Crippen molar-refractivity contribution in [2.24, 2.45) is 0 Å². The Bertz CT molecular complexity index is 425. The second-order valence-corrected chi connectivity index (χ2v) is 3.96. The van der Waals surface area contributed by atoms with E-state index in [-0.39, 0.29) is 6.61 Å². The van der Waals surface area contributed by atoms with Gasteiger partial charge < -0.3 is 10.8 Å². The molecule has 0 amide bonds. The molecule has 4 heteroatoms. The third kappa shape index (κ3) is 1.62. The molecule has 14 heavy (non-hydrogen) atoms. The average molecular weight is 206 g/mol. The number of rotatable bonds is 2. The number of nitrogens with zero attached hydrogens (tertiary/aromatic N) is 1. The average Bonchev–Trinajstić information content (AvgIpc) is 2.61. The number of nitrogens with two attached hydrogens (primary N) is 1. The van der Waals surface area contributed by atoms with Gasteiger partial charge in [-0.15, -0.1) is 0 Å². The molecule has 72 valence electrons. The summed E-state index contributed by atoms with van der Waals surface area (Å²) in [4.78, 5) is 4.24. The van der Waals surface area contributed by atoms with Crippen LogP contribution in [-0.2, 0) is 6.61 Å². The number of aliphatic hydroxyl groups excluding tert-OH is 1. The topological polar surface area (TPSA) is 59.1 Å². The minimum atomic E-state index is -0.0539. The molecule has 0 spiro atoms. The SMILES string of the molecule is Nc1sc(CO)nc1-c1ccccc1. The highest BCUT2D eigenvalue weighted by Crippen LogP contribution is 2.30. The van der Waals surface area contributed by atoms with Crippen LogP contribution >= 0.6 is 11.3 Å². The van der Waals surface area contributed by atoms with Gasteiger partial charge in [0.2, 0.25) is 0 Å². The zero-order valence-corrected chi connectivity index (χ0v) is 8.29. The summed E-state index contributed by atoms with van der Waals surface area (Å²) < 4.78 is 0. The van der Waals surface area contributed by atoms with Crippen molar-refractivity contribution >= 4 is 16.3 Å². The molecular weight excluding hydrogens is 196 g/mol. The number of hydrogen-bond donors (Lipinski definition) is 2. The lowest BCUT2D eigenvalue weighted by Gasteiger charge is -1.96. The highest BCUT2D eigenvalue weighted by molar-refractivity contribution is 7.16. The minimum Gasteiger partial charge on any atom is -0.389 e. The number of anilines is 1. The molecule has 2 aromatic rings. The molecule has 0 saturated heterocycles. The fraction of sp³-hybridized carbons (Fsp3) is 0.100. The lowest BCUT2D eigenvalue weighted by molar-refractivity contribution is 0.281. The molecule has 1 aromatic heterocycles. The summed E-state index contributed by atoms with van der Waals surface area (Å²) in [6.45, 7) is -0.0539. The van der Waals surface area contributed by atoms with E-state index in [9.17, 15) is 0 Å². The highest BCUT2D eigenvalue weighted by atomic mass is 32.1. The van der Waals surface area contributed by atoms with Crippen LogP contribution in [-0.4, -0.2) is 10.1 Å². The zero-order valence-electron chi connectivity index (χ0n) is 7.47. The van der Waals surface area contributed by atoms with Gasteiger partial charge >= 0.3 is 0 Å². The van der Waals surface area contributed by atoms with E-state index in [0.717, 1.165) is 11.3 Å². The fourth-order valence-corrected chi connectivity index (χ4v) is 1.96. The second kappa shape index (κ2) is 3.77. The molecule has 0 bridgehead atoms. The Morgan fingerprint density at radius 2 is 2.00 bits per heavy atom. The van der Waals surface area contributed by atoms with Crippen LogP contribution in [0.2, 0.25) is 0 Å². The van der Waals surface area contributed by atoms with Gasteiger partial charge in [0, 0.05) is 5.56 Å². The van der Waals surface area contributed by atoms with Gasteiger partial charge in [0.05, 0.1) is 6.61 Å². The van der Waals surface area contributed by atoms with E-state index in [1.54, 1.807) is 0 Å². The molecule has 2 rings (SSSR count). The normalized spacial score (nSPS) is 10.4. The third-order valence-electron chi connectivity index (χ3n) is 1.88. The molecule has 1 heterocycles. The maximum Gasteiger partial charge on any atom is 0.121 e. The van der Waals surface area contributed by atoms with Gasteiger partial charge in [-0.1, -0.05) is 41.7 Å². The van der Waals surface area contributed by atoms with Gasteiger partial charge in [-0.3, -0.25) is 0 Å². The Kier molecular flexibility index (Phi) is 2.47.